The van der Waals surface area contributed by atoms with E-state index in [-0.39, 0.29) is 0 Å². The fraction of sp³-hybridized carbons (Fsp3) is 0.100. The Labute approximate surface area is 107 Å². The van der Waals surface area contributed by atoms with Crippen molar-refractivity contribution in [1.82, 2.24) is 4.98 Å². The van der Waals surface area contributed by atoms with E-state index in [1.165, 1.54) is 11.3 Å². The Hall–Kier alpha value is -0.810. The molecule has 1 aromatic carbocycles. The molecule has 2 aromatic rings. The number of rotatable bonds is 3. The molecule has 0 aliphatic carbocycles. The second kappa shape index (κ2) is 5.01. The highest BCUT2D eigenvalue weighted by atomic mass is 35.5. The van der Waals surface area contributed by atoms with Crippen molar-refractivity contribution in [3.63, 3.8) is 0 Å². The Morgan fingerprint density at radius 3 is 2.50 bits per heavy atom. The number of benzene rings is 1. The SMILES string of the molecule is NCc1sc(Oc2ccc(Cl)cc2)nc1Cl. The van der Waals surface area contributed by atoms with Gasteiger partial charge in [-0.25, -0.2) is 0 Å². The van der Waals surface area contributed by atoms with Crippen molar-refractivity contribution in [2.75, 3.05) is 0 Å². The lowest BCUT2D eigenvalue weighted by atomic mass is 10.3. The average Bonchev–Trinajstić information content (AvgIpc) is 2.62. The molecular weight excluding hydrogens is 267 g/mol. The van der Waals surface area contributed by atoms with E-state index in [9.17, 15) is 0 Å². The molecule has 0 saturated carbocycles. The smallest absolute Gasteiger partial charge is 0.280 e. The van der Waals surface area contributed by atoms with Gasteiger partial charge in [-0.2, -0.15) is 4.98 Å². The van der Waals surface area contributed by atoms with Crippen LogP contribution in [-0.2, 0) is 6.54 Å². The van der Waals surface area contributed by atoms with Crippen LogP contribution in [0.4, 0.5) is 0 Å². The third-order valence-electron chi connectivity index (χ3n) is 1.83. The van der Waals surface area contributed by atoms with Gasteiger partial charge in [-0.1, -0.05) is 34.5 Å². The van der Waals surface area contributed by atoms with Crippen LogP contribution < -0.4 is 10.5 Å². The number of nitrogens with zero attached hydrogens (tertiary/aromatic N) is 1. The lowest BCUT2D eigenvalue weighted by molar-refractivity contribution is 0.479. The highest BCUT2D eigenvalue weighted by Crippen LogP contribution is 2.31. The van der Waals surface area contributed by atoms with E-state index in [0.717, 1.165) is 4.88 Å². The summed E-state index contributed by atoms with van der Waals surface area (Å²) in [5.74, 6) is 0.665. The molecular formula is C10H8Cl2N2OS. The summed E-state index contributed by atoms with van der Waals surface area (Å²) in [6.07, 6.45) is 0. The molecule has 1 heterocycles. The van der Waals surface area contributed by atoms with Crippen molar-refractivity contribution in [3.05, 3.63) is 39.3 Å². The van der Waals surface area contributed by atoms with Gasteiger partial charge in [0.05, 0.1) is 4.88 Å². The lowest BCUT2D eigenvalue weighted by Gasteiger charge is -2.00. The van der Waals surface area contributed by atoms with Gasteiger partial charge < -0.3 is 10.5 Å². The van der Waals surface area contributed by atoms with Gasteiger partial charge in [0, 0.05) is 11.6 Å². The number of nitrogens with two attached hydrogens (primary N) is 1. The molecule has 2 N–H and O–H groups in total. The zero-order valence-electron chi connectivity index (χ0n) is 8.11. The molecule has 0 saturated heterocycles. The molecule has 0 fully saturated rings. The largest absolute Gasteiger partial charge is 0.431 e. The quantitative estimate of drug-likeness (QED) is 0.929. The molecule has 0 spiro atoms. The van der Waals surface area contributed by atoms with Crippen molar-refractivity contribution < 1.29 is 4.74 Å². The van der Waals surface area contributed by atoms with Crippen LogP contribution >= 0.6 is 34.5 Å². The Balaban J connectivity index is 2.17. The highest BCUT2D eigenvalue weighted by molar-refractivity contribution is 7.14. The predicted molar refractivity (Wildman–Crippen MR) is 66.5 cm³/mol. The molecule has 0 radical (unpaired) electrons. The number of halogens is 2. The fourth-order valence-electron chi connectivity index (χ4n) is 1.09. The van der Waals surface area contributed by atoms with Crippen LogP contribution in [0.15, 0.2) is 24.3 Å². The minimum absolute atomic E-state index is 0.362. The maximum Gasteiger partial charge on any atom is 0.280 e. The van der Waals surface area contributed by atoms with E-state index in [2.05, 4.69) is 4.98 Å². The first kappa shape index (κ1) is 11.7. The summed E-state index contributed by atoms with van der Waals surface area (Å²) in [6, 6.07) is 7.02. The van der Waals surface area contributed by atoms with Crippen LogP contribution in [0.1, 0.15) is 4.88 Å². The molecule has 0 unspecified atom stereocenters. The molecule has 84 valence electrons. The fourth-order valence-corrected chi connectivity index (χ4v) is 2.23. The summed E-state index contributed by atoms with van der Waals surface area (Å²) >= 11 is 13.0. The standard InChI is InChI=1S/C10H8Cl2N2OS/c11-6-1-3-7(4-2-6)15-10-14-9(12)8(5-13)16-10/h1-4H,5,13H2. The van der Waals surface area contributed by atoms with Crippen molar-refractivity contribution >= 4 is 34.5 Å². The molecule has 16 heavy (non-hydrogen) atoms. The zero-order valence-corrected chi connectivity index (χ0v) is 10.4. The Morgan fingerprint density at radius 2 is 1.94 bits per heavy atom. The zero-order chi connectivity index (χ0) is 11.5. The minimum Gasteiger partial charge on any atom is -0.431 e. The van der Waals surface area contributed by atoms with Crippen molar-refractivity contribution in [3.8, 4) is 10.9 Å². The number of aromatic nitrogens is 1. The number of thiazole rings is 1. The Morgan fingerprint density at radius 1 is 1.25 bits per heavy atom. The van der Waals surface area contributed by atoms with Crippen LogP contribution in [0.5, 0.6) is 10.9 Å². The van der Waals surface area contributed by atoms with Gasteiger partial charge in [-0.15, -0.1) is 0 Å². The van der Waals surface area contributed by atoms with Crippen molar-refractivity contribution in [2.24, 2.45) is 5.73 Å². The molecule has 0 bridgehead atoms. The van der Waals surface area contributed by atoms with Gasteiger partial charge in [0.15, 0.2) is 0 Å². The maximum atomic E-state index is 5.85. The molecule has 0 amide bonds. The number of ether oxygens (including phenoxy) is 1. The van der Waals surface area contributed by atoms with Crippen LogP contribution in [0, 0.1) is 0 Å². The minimum atomic E-state index is 0.362. The first-order chi connectivity index (χ1) is 7.69. The predicted octanol–water partition coefficient (Wildman–Crippen LogP) is 3.70. The van der Waals surface area contributed by atoms with Crippen LogP contribution in [0.2, 0.25) is 10.2 Å². The normalized spacial score (nSPS) is 10.4. The molecule has 2 rings (SSSR count). The van der Waals surface area contributed by atoms with Crippen molar-refractivity contribution in [2.45, 2.75) is 6.54 Å². The third-order valence-corrected chi connectivity index (χ3v) is 3.47. The third kappa shape index (κ3) is 2.65. The summed E-state index contributed by atoms with van der Waals surface area (Å²) in [6.45, 7) is 0.362. The molecule has 0 aliphatic rings. The van der Waals surface area contributed by atoms with Crippen LogP contribution in [0.25, 0.3) is 0 Å². The first-order valence-corrected chi connectivity index (χ1v) is 6.05. The Kier molecular flexibility index (Phi) is 3.66. The first-order valence-electron chi connectivity index (χ1n) is 4.47. The average molecular weight is 275 g/mol. The van der Waals surface area contributed by atoms with Gasteiger partial charge in [0.1, 0.15) is 10.9 Å². The van der Waals surface area contributed by atoms with E-state index < -0.39 is 0 Å². The second-order valence-corrected chi connectivity index (χ2v) is 4.79. The topological polar surface area (TPSA) is 48.1 Å². The van der Waals surface area contributed by atoms with Crippen LogP contribution in [0.3, 0.4) is 0 Å². The van der Waals surface area contributed by atoms with Crippen molar-refractivity contribution in [1.29, 1.82) is 0 Å². The second-order valence-electron chi connectivity index (χ2n) is 2.95. The van der Waals surface area contributed by atoms with Crippen LogP contribution in [-0.4, -0.2) is 4.98 Å². The lowest BCUT2D eigenvalue weighted by Crippen LogP contribution is -1.92. The number of hydrogen-bond donors (Lipinski definition) is 1. The van der Waals surface area contributed by atoms with E-state index in [4.69, 9.17) is 33.7 Å². The van der Waals surface area contributed by atoms with E-state index in [0.29, 0.717) is 27.7 Å². The van der Waals surface area contributed by atoms with Gasteiger partial charge in [-0.05, 0) is 24.3 Å². The highest BCUT2D eigenvalue weighted by Gasteiger charge is 2.09. The summed E-state index contributed by atoms with van der Waals surface area (Å²) in [5, 5.41) is 1.54. The van der Waals surface area contributed by atoms with Gasteiger partial charge in [0.2, 0.25) is 0 Å². The summed E-state index contributed by atoms with van der Waals surface area (Å²) in [7, 11) is 0. The summed E-state index contributed by atoms with van der Waals surface area (Å²) in [4.78, 5) is 4.86. The molecule has 1 aromatic heterocycles. The molecule has 0 aliphatic heterocycles. The Bertz CT molecular complexity index is 484. The van der Waals surface area contributed by atoms with Gasteiger partial charge in [0.25, 0.3) is 5.19 Å². The van der Waals surface area contributed by atoms with E-state index in [1.807, 2.05) is 0 Å². The molecule has 6 heteroatoms. The van der Waals surface area contributed by atoms with E-state index >= 15 is 0 Å². The number of hydrogen-bond acceptors (Lipinski definition) is 4. The summed E-state index contributed by atoms with van der Waals surface area (Å²) in [5.41, 5.74) is 5.49. The summed E-state index contributed by atoms with van der Waals surface area (Å²) < 4.78 is 5.51. The van der Waals surface area contributed by atoms with Gasteiger partial charge >= 0.3 is 0 Å². The maximum absolute atomic E-state index is 5.85. The monoisotopic (exact) mass is 274 g/mol. The molecule has 0 atom stereocenters. The van der Waals surface area contributed by atoms with E-state index in [1.54, 1.807) is 24.3 Å². The molecule has 3 nitrogen and oxygen atoms in total. The van der Waals surface area contributed by atoms with Gasteiger partial charge in [-0.3, -0.25) is 0 Å².